The zero-order valence-electron chi connectivity index (χ0n) is 29.4. The average molecular weight is 643 g/mol. The molecule has 0 aliphatic carbocycles. The van der Waals surface area contributed by atoms with Crippen molar-refractivity contribution in [3.8, 4) is 22.5 Å². The number of hydrogen-bond donors (Lipinski definition) is 0. The lowest BCUT2D eigenvalue weighted by atomic mass is 9.83. The second-order valence-electron chi connectivity index (χ2n) is 16.3. The predicted octanol–water partition coefficient (Wildman–Crippen LogP) is 13.4. The smallest absolute Gasteiger partial charge is 0.0894 e. The fourth-order valence-corrected chi connectivity index (χ4v) is 8.26. The molecule has 2 heterocycles. The number of benzene rings is 8. The largest absolute Gasteiger partial charge is 0.246 e. The van der Waals surface area contributed by atoms with Gasteiger partial charge >= 0.3 is 0 Å². The van der Waals surface area contributed by atoms with E-state index in [-0.39, 0.29) is 10.8 Å². The fourth-order valence-electron chi connectivity index (χ4n) is 8.26. The molecule has 2 nitrogen and oxygen atoms in total. The third kappa shape index (κ3) is 4.27. The second kappa shape index (κ2) is 9.98. The molecule has 0 atom stereocenters. The minimum absolute atomic E-state index is 0.0922. The van der Waals surface area contributed by atoms with Crippen molar-refractivity contribution in [3.63, 3.8) is 0 Å². The molecule has 0 aliphatic rings. The predicted molar refractivity (Wildman–Crippen MR) is 215 cm³/mol. The summed E-state index contributed by atoms with van der Waals surface area (Å²) in [6.07, 6.45) is 0. The van der Waals surface area contributed by atoms with Crippen LogP contribution in [0.25, 0.3) is 98.2 Å². The molecule has 0 saturated carbocycles. The fraction of sp³-hybridized carbons (Fsp3) is 0.167. The molecular formula is C48H38N2. The number of nitrogens with zero attached hydrogens (tertiary/aromatic N) is 2. The molecule has 240 valence electrons. The molecule has 0 spiro atoms. The highest BCUT2D eigenvalue weighted by Gasteiger charge is 2.20. The number of hydrogen-bond acceptors (Lipinski definition) is 2. The first kappa shape index (κ1) is 29.3. The number of rotatable bonds is 2. The van der Waals surface area contributed by atoms with Gasteiger partial charge in [0, 0.05) is 11.1 Å². The molecule has 0 amide bonds. The van der Waals surface area contributed by atoms with Crippen molar-refractivity contribution in [2.45, 2.75) is 52.4 Å². The van der Waals surface area contributed by atoms with Gasteiger partial charge in [0.2, 0.25) is 0 Å². The molecule has 10 rings (SSSR count). The first-order valence-electron chi connectivity index (χ1n) is 17.7. The van der Waals surface area contributed by atoms with Crippen LogP contribution >= 0.6 is 0 Å². The quantitative estimate of drug-likeness (QED) is 0.175. The van der Waals surface area contributed by atoms with Crippen LogP contribution in [-0.4, -0.2) is 9.97 Å². The molecule has 0 N–H and O–H groups in total. The molecule has 0 aliphatic heterocycles. The van der Waals surface area contributed by atoms with Gasteiger partial charge in [-0.05, 0) is 111 Å². The molecule has 0 saturated heterocycles. The van der Waals surface area contributed by atoms with Crippen LogP contribution in [-0.2, 0) is 10.8 Å². The standard InChI is InChI=1S/C48H38N2/c1-47(2,3)33-23-29-9-7-27-11-15-35(37-17-13-31(25-33)43(29)45(27)37)39-19-21-42-41(49-39)22-20-40(50-42)36-16-12-28-8-10-30-24-34(48(4,5)6)26-32-14-18-38(36)46(28)44(30)32/h7-26H,1-6H3. The van der Waals surface area contributed by atoms with Crippen molar-refractivity contribution >= 4 is 75.7 Å². The van der Waals surface area contributed by atoms with E-state index in [0.29, 0.717) is 0 Å². The van der Waals surface area contributed by atoms with Gasteiger partial charge < -0.3 is 0 Å². The number of pyridine rings is 2. The Labute approximate surface area is 292 Å². The van der Waals surface area contributed by atoms with E-state index in [1.54, 1.807) is 0 Å². The van der Waals surface area contributed by atoms with Crippen molar-refractivity contribution in [2.24, 2.45) is 0 Å². The Morgan fingerprint density at radius 3 is 1.06 bits per heavy atom. The number of aromatic nitrogens is 2. The van der Waals surface area contributed by atoms with Crippen LogP contribution in [0.5, 0.6) is 0 Å². The lowest BCUT2D eigenvalue weighted by Crippen LogP contribution is -2.10. The Hall–Kier alpha value is -5.60. The highest BCUT2D eigenvalue weighted by Crippen LogP contribution is 2.43. The lowest BCUT2D eigenvalue weighted by molar-refractivity contribution is 0.591. The van der Waals surface area contributed by atoms with Crippen LogP contribution in [0.1, 0.15) is 52.7 Å². The van der Waals surface area contributed by atoms with E-state index in [0.717, 1.165) is 33.5 Å². The van der Waals surface area contributed by atoms with E-state index < -0.39 is 0 Å². The van der Waals surface area contributed by atoms with E-state index in [2.05, 4.69) is 163 Å². The van der Waals surface area contributed by atoms with Gasteiger partial charge in [0.15, 0.2) is 0 Å². The molecule has 10 aromatic rings. The Kier molecular flexibility index (Phi) is 5.86. The first-order chi connectivity index (χ1) is 24.0. The van der Waals surface area contributed by atoms with Crippen molar-refractivity contribution in [1.29, 1.82) is 0 Å². The SMILES string of the molecule is CC(C)(C)c1cc2ccc3ccc(-c4ccc5nc(-c6ccc7ccc8cc(C(C)(C)C)cc9ccc6c7c89)ccc5n4)c4ccc(c1)c2c34. The summed E-state index contributed by atoms with van der Waals surface area (Å²) < 4.78 is 0. The van der Waals surface area contributed by atoms with E-state index in [9.17, 15) is 0 Å². The molecule has 2 aromatic heterocycles. The summed E-state index contributed by atoms with van der Waals surface area (Å²) in [5.74, 6) is 0. The molecule has 50 heavy (non-hydrogen) atoms. The maximum Gasteiger partial charge on any atom is 0.0894 e. The van der Waals surface area contributed by atoms with E-state index >= 15 is 0 Å². The van der Waals surface area contributed by atoms with Crippen LogP contribution in [0.2, 0.25) is 0 Å². The van der Waals surface area contributed by atoms with Crippen molar-refractivity contribution < 1.29 is 0 Å². The summed E-state index contributed by atoms with van der Waals surface area (Å²) in [4.78, 5) is 10.4. The van der Waals surface area contributed by atoms with Crippen molar-refractivity contribution in [2.75, 3.05) is 0 Å². The van der Waals surface area contributed by atoms with Crippen LogP contribution in [0, 0.1) is 0 Å². The molecular weight excluding hydrogens is 605 g/mol. The molecule has 0 unspecified atom stereocenters. The van der Waals surface area contributed by atoms with Gasteiger partial charge in [0.1, 0.15) is 0 Å². The third-order valence-corrected chi connectivity index (χ3v) is 11.0. The Morgan fingerprint density at radius 2 is 0.680 bits per heavy atom. The normalized spacial score (nSPS) is 13.0. The highest BCUT2D eigenvalue weighted by atomic mass is 14.8. The van der Waals surface area contributed by atoms with Crippen LogP contribution in [0.4, 0.5) is 0 Å². The van der Waals surface area contributed by atoms with Crippen LogP contribution < -0.4 is 0 Å². The van der Waals surface area contributed by atoms with Gasteiger partial charge in [-0.2, -0.15) is 0 Å². The van der Waals surface area contributed by atoms with E-state index in [1.807, 2.05) is 0 Å². The maximum atomic E-state index is 5.20. The topological polar surface area (TPSA) is 25.8 Å². The van der Waals surface area contributed by atoms with Gasteiger partial charge in [-0.15, -0.1) is 0 Å². The monoisotopic (exact) mass is 642 g/mol. The zero-order valence-corrected chi connectivity index (χ0v) is 29.4. The lowest BCUT2D eigenvalue weighted by Gasteiger charge is -2.22. The van der Waals surface area contributed by atoms with Crippen molar-refractivity contribution in [1.82, 2.24) is 9.97 Å². The summed E-state index contributed by atoms with van der Waals surface area (Å²) in [6.45, 7) is 13.7. The highest BCUT2D eigenvalue weighted by molar-refractivity contribution is 6.27. The van der Waals surface area contributed by atoms with Gasteiger partial charge in [-0.1, -0.05) is 139 Å². The second-order valence-corrected chi connectivity index (χ2v) is 16.3. The molecule has 8 aromatic carbocycles. The molecule has 0 radical (unpaired) electrons. The average Bonchev–Trinajstić information content (AvgIpc) is 3.11. The summed E-state index contributed by atoms with van der Waals surface area (Å²) >= 11 is 0. The van der Waals surface area contributed by atoms with E-state index in [1.165, 1.54) is 75.8 Å². The van der Waals surface area contributed by atoms with Gasteiger partial charge in [0.05, 0.1) is 22.4 Å². The summed E-state index contributed by atoms with van der Waals surface area (Å²) in [6, 6.07) is 45.2. The zero-order chi connectivity index (χ0) is 34.1. The number of fused-ring (bicyclic) bond motifs is 1. The van der Waals surface area contributed by atoms with Crippen molar-refractivity contribution in [3.05, 3.63) is 132 Å². The van der Waals surface area contributed by atoms with Crippen LogP contribution in [0.15, 0.2) is 121 Å². The minimum atomic E-state index is 0.0922. The summed E-state index contributed by atoms with van der Waals surface area (Å²) in [7, 11) is 0. The summed E-state index contributed by atoms with van der Waals surface area (Å²) in [5, 5.41) is 15.5. The van der Waals surface area contributed by atoms with Gasteiger partial charge in [-0.3, -0.25) is 0 Å². The van der Waals surface area contributed by atoms with Gasteiger partial charge in [-0.25, -0.2) is 9.97 Å². The Morgan fingerprint density at radius 1 is 0.340 bits per heavy atom. The van der Waals surface area contributed by atoms with Crippen LogP contribution in [0.3, 0.4) is 0 Å². The Bertz CT molecular complexity index is 2750. The first-order valence-corrected chi connectivity index (χ1v) is 17.7. The summed E-state index contributed by atoms with van der Waals surface area (Å²) in [5.41, 5.74) is 8.96. The molecule has 2 heteroatoms. The minimum Gasteiger partial charge on any atom is -0.246 e. The molecule has 0 bridgehead atoms. The molecule has 0 fully saturated rings. The maximum absolute atomic E-state index is 5.20. The Balaban J connectivity index is 1.09. The third-order valence-electron chi connectivity index (χ3n) is 11.0. The van der Waals surface area contributed by atoms with Gasteiger partial charge in [0.25, 0.3) is 0 Å². The van der Waals surface area contributed by atoms with E-state index in [4.69, 9.17) is 9.97 Å².